The monoisotopic (exact) mass is 1730 g/mol. The quantitative estimate of drug-likeness (QED) is 0.0395. The minimum Gasteiger partial charge on any atom is -0.103 e. The summed E-state index contributed by atoms with van der Waals surface area (Å²) in [6.07, 6.45) is 25.8. The van der Waals surface area contributed by atoms with Crippen molar-refractivity contribution < 1.29 is 0 Å². The van der Waals surface area contributed by atoms with Crippen LogP contribution in [0.4, 0.5) is 0 Å². The molecule has 0 bridgehead atoms. The van der Waals surface area contributed by atoms with Gasteiger partial charge in [0.2, 0.25) is 0 Å². The van der Waals surface area contributed by atoms with Gasteiger partial charge in [0.05, 0.1) is 0 Å². The Balaban J connectivity index is 0.000000840. The second kappa shape index (κ2) is 42.8. The van der Waals surface area contributed by atoms with Crippen molar-refractivity contribution in [3.8, 4) is 0 Å². The second-order valence-corrected chi connectivity index (χ2v) is 57.5. The van der Waals surface area contributed by atoms with E-state index >= 15 is 0 Å². The van der Waals surface area contributed by atoms with Crippen LogP contribution < -0.4 is 0 Å². The van der Waals surface area contributed by atoms with Gasteiger partial charge in [0, 0.05) is 0 Å². The summed E-state index contributed by atoms with van der Waals surface area (Å²) in [6, 6.07) is 29.9. The second-order valence-electron chi connectivity index (χ2n) is 57.5. The van der Waals surface area contributed by atoms with Crippen LogP contribution in [-0.4, -0.2) is 0 Å². The highest BCUT2D eigenvalue weighted by Gasteiger charge is 2.42. The molecule has 0 heteroatoms. The summed E-state index contributed by atoms with van der Waals surface area (Å²) in [5.74, 6) is 0. The number of allylic oxidation sites excluding steroid dienone is 11. The molecule has 0 saturated heterocycles. The molecule has 126 heavy (non-hydrogen) atoms. The maximum Gasteiger partial charge on any atom is -0.00953 e. The van der Waals surface area contributed by atoms with E-state index < -0.39 is 0 Å². The Morgan fingerprint density at radius 1 is 0.198 bits per heavy atom. The Hall–Kier alpha value is -5.20. The molecule has 0 unspecified atom stereocenters. The third-order valence-electron chi connectivity index (χ3n) is 26.5. The van der Waals surface area contributed by atoms with E-state index in [1.54, 1.807) is 0 Å². The highest BCUT2D eigenvalue weighted by atomic mass is 14.5. The molecular formula is C126H212. The van der Waals surface area contributed by atoms with Gasteiger partial charge in [0.25, 0.3) is 0 Å². The largest absolute Gasteiger partial charge is 0.103 e. The van der Waals surface area contributed by atoms with E-state index in [1.165, 1.54) is 100 Å². The maximum absolute atomic E-state index is 4.19. The lowest BCUT2D eigenvalue weighted by Gasteiger charge is -2.39. The van der Waals surface area contributed by atoms with E-state index in [-0.39, 0.29) is 108 Å². The standard InChI is InChI=1S/3C32H54.C30H50/c3*1-23(2)19-29(8,9)21-31(12,13)26-16-25(28(5,6)7)17-27(18-26)32(14,15)22-30(10,11)20-24(3)4;1-14-16-27(6,7)21-29(10,11)24-18-23(26(3,4)5)19-25(20-24)30(12,13)22-28(8,9)17-15-2/h16-20H,21-22H2,1-15H3;16-18,20H,1,19,21-22H2,2-15H3;16-18H,1,3,19-22H2,2,4-15H3;14-15,18-20H,1-2,16-17,21-22H2,3-13H3. The normalized spacial score (nSPS) is 13.8. The zero-order valence-electron chi connectivity index (χ0n) is 94.5. The summed E-state index contributed by atoms with van der Waals surface area (Å²) in [5.41, 5.74) is 28.5. The smallest absolute Gasteiger partial charge is 0.00953 e. The van der Waals surface area contributed by atoms with Crippen molar-refractivity contribution in [1.82, 2.24) is 0 Å². The molecule has 0 atom stereocenters. The van der Waals surface area contributed by atoms with Crippen LogP contribution in [0.5, 0.6) is 0 Å². The van der Waals surface area contributed by atoms with Gasteiger partial charge in [-0.25, -0.2) is 0 Å². The van der Waals surface area contributed by atoms with Crippen LogP contribution in [0.2, 0.25) is 0 Å². The summed E-state index contributed by atoms with van der Waals surface area (Å²) in [6.45, 7) is 145. The van der Waals surface area contributed by atoms with Gasteiger partial charge < -0.3 is 0 Å². The predicted molar refractivity (Wildman–Crippen MR) is 578 cm³/mol. The molecular weight excluding hydrogens is 1510 g/mol. The van der Waals surface area contributed by atoms with Crippen molar-refractivity contribution in [3.63, 3.8) is 0 Å². The fraction of sp³-hybridized carbons (Fsp3) is 0.683. The molecule has 0 aromatic heterocycles. The van der Waals surface area contributed by atoms with Gasteiger partial charge in [0.15, 0.2) is 0 Å². The first-order chi connectivity index (χ1) is 55.5. The molecule has 4 aromatic rings. The molecule has 0 aliphatic carbocycles. The summed E-state index contributed by atoms with van der Waals surface area (Å²) >= 11 is 0. The van der Waals surface area contributed by atoms with E-state index in [0.717, 1.165) is 83.5 Å². The molecule has 0 spiro atoms. The lowest BCUT2D eigenvalue weighted by Crippen LogP contribution is -2.30. The van der Waals surface area contributed by atoms with Crippen molar-refractivity contribution >= 4 is 0 Å². The first kappa shape index (κ1) is 119. The predicted octanol–water partition coefficient (Wildman–Crippen LogP) is 40.4. The molecule has 4 rings (SSSR count). The Bertz CT molecular complexity index is 4160. The van der Waals surface area contributed by atoms with Gasteiger partial charge in [-0.1, -0.05) is 441 Å². The van der Waals surface area contributed by atoms with Crippen LogP contribution in [0, 0.1) is 43.3 Å². The van der Waals surface area contributed by atoms with Crippen molar-refractivity contribution in [2.24, 2.45) is 43.3 Å². The van der Waals surface area contributed by atoms with Crippen molar-refractivity contribution in [1.29, 1.82) is 0 Å². The summed E-state index contributed by atoms with van der Waals surface area (Å²) in [7, 11) is 0. The SMILES string of the molecule is C=C(C)CC(C)(C)CC(C)(C)c1cc(C(C)(C)C)cc(C(C)(C)CC(C)(C)C=C(C)C)c1.C=C(C)CC(C)(C)CC(C)(C)c1cc(C(C)(C)C)cc(C(C)(C)CC(C)(C)CC(=C)C)c1.C=CCC(C)(C)CC(C)(C)c1cc(C(C)(C)C)cc(C(C)(C)CC(C)(C)CC=C)c1.CC(C)=CC(C)(C)CC(C)(C)c1cc(C(C)(C)C)cc(C(C)(C)CC(C)(C)C=C(C)C)c1. The van der Waals surface area contributed by atoms with Crippen LogP contribution in [-0.2, 0) is 65.0 Å². The molecule has 4 aromatic carbocycles. The van der Waals surface area contributed by atoms with Crippen LogP contribution in [0.15, 0.2) is 170 Å². The van der Waals surface area contributed by atoms with E-state index in [1.807, 2.05) is 0 Å². The summed E-state index contributed by atoms with van der Waals surface area (Å²) in [4.78, 5) is 0. The summed E-state index contributed by atoms with van der Waals surface area (Å²) in [5, 5.41) is 0. The van der Waals surface area contributed by atoms with Gasteiger partial charge in [-0.05, 0) is 321 Å². The number of hydrogen-bond donors (Lipinski definition) is 0. The summed E-state index contributed by atoms with van der Waals surface area (Å²) < 4.78 is 0. The molecule has 0 amide bonds. The first-order valence-corrected chi connectivity index (χ1v) is 49.3. The lowest BCUT2D eigenvalue weighted by atomic mass is 9.65. The fourth-order valence-corrected chi connectivity index (χ4v) is 23.6. The number of hydrogen-bond acceptors (Lipinski definition) is 0. The van der Waals surface area contributed by atoms with Gasteiger partial charge in [-0.2, -0.15) is 0 Å². The van der Waals surface area contributed by atoms with E-state index in [4.69, 9.17) is 0 Å². The molecule has 0 heterocycles. The molecule has 0 fully saturated rings. The Morgan fingerprint density at radius 2 is 0.325 bits per heavy atom. The molecule has 716 valence electrons. The van der Waals surface area contributed by atoms with Gasteiger partial charge >= 0.3 is 0 Å². The average Bonchev–Trinajstić information content (AvgIpc) is 0.781. The highest BCUT2D eigenvalue weighted by Crippen LogP contribution is 2.52. The van der Waals surface area contributed by atoms with Gasteiger partial charge in [-0.15, -0.1) is 32.9 Å². The number of rotatable bonds is 37. The Kier molecular flexibility index (Phi) is 40.3. The minimum absolute atomic E-state index is 0.0920. The molecule has 0 nitrogen and oxygen atoms in total. The minimum atomic E-state index is 0.0920. The zero-order valence-corrected chi connectivity index (χ0v) is 94.5. The van der Waals surface area contributed by atoms with Crippen molar-refractivity contribution in [2.75, 3.05) is 0 Å². The average molecular weight is 1730 g/mol. The van der Waals surface area contributed by atoms with Crippen molar-refractivity contribution in [3.05, 3.63) is 236 Å². The molecule has 0 aliphatic rings. The highest BCUT2D eigenvalue weighted by molar-refractivity contribution is 5.46. The number of benzene rings is 4. The zero-order chi connectivity index (χ0) is 99.6. The van der Waals surface area contributed by atoms with E-state index in [2.05, 4.69) is 503 Å². The molecule has 0 saturated carbocycles. The molecule has 0 N–H and O–H groups in total. The molecule has 0 radical (unpaired) electrons. The topological polar surface area (TPSA) is 0 Å². The fourth-order valence-electron chi connectivity index (χ4n) is 23.6. The van der Waals surface area contributed by atoms with E-state index in [0.29, 0.717) is 0 Å². The van der Waals surface area contributed by atoms with Gasteiger partial charge in [0.1, 0.15) is 0 Å². The van der Waals surface area contributed by atoms with Crippen LogP contribution >= 0.6 is 0 Å². The van der Waals surface area contributed by atoms with Crippen LogP contribution in [0.3, 0.4) is 0 Å². The molecule has 0 aliphatic heterocycles. The third kappa shape index (κ3) is 40.9. The first-order valence-electron chi connectivity index (χ1n) is 49.3. The third-order valence-corrected chi connectivity index (χ3v) is 26.5. The van der Waals surface area contributed by atoms with E-state index in [9.17, 15) is 0 Å². The van der Waals surface area contributed by atoms with Crippen LogP contribution in [0.25, 0.3) is 0 Å². The Morgan fingerprint density at radius 3 is 0.444 bits per heavy atom. The lowest BCUT2D eigenvalue weighted by molar-refractivity contribution is 0.250. The Labute approximate surface area is 789 Å². The maximum atomic E-state index is 4.19. The van der Waals surface area contributed by atoms with Gasteiger partial charge in [-0.3, -0.25) is 0 Å². The van der Waals surface area contributed by atoms with Crippen LogP contribution in [0.1, 0.15) is 517 Å². The van der Waals surface area contributed by atoms with Crippen molar-refractivity contribution in [2.45, 2.75) is 515 Å².